The lowest BCUT2D eigenvalue weighted by atomic mass is 9.80. The summed E-state index contributed by atoms with van der Waals surface area (Å²) in [5.74, 6) is -10.3. The highest BCUT2D eigenvalue weighted by Gasteiger charge is 2.56. The van der Waals surface area contributed by atoms with E-state index in [-0.39, 0.29) is 0 Å². The number of carboxylic acids is 1. The summed E-state index contributed by atoms with van der Waals surface area (Å²) in [4.78, 5) is 23.4. The largest absolute Gasteiger partial charge is 0.481 e. The van der Waals surface area contributed by atoms with E-state index in [2.05, 4.69) is 0 Å². The standard InChI is InChI=1S/C11H12F5NO3/c12-10(13)1-5(2-10)8(18)17-3-6(9(19)20)7(4-17)11(14,15)16/h5-7H,1-4H2,(H,19,20)/t6-,7-/m1/s1. The fraction of sp³-hybridized carbons (Fsp3) is 0.818. The van der Waals surface area contributed by atoms with Crippen LogP contribution in [0.5, 0.6) is 0 Å². The number of aliphatic carboxylic acids is 1. The number of rotatable bonds is 2. The Morgan fingerprint density at radius 2 is 1.70 bits per heavy atom. The lowest BCUT2D eigenvalue weighted by molar-refractivity contribution is -0.188. The molecule has 0 bridgehead atoms. The Morgan fingerprint density at radius 1 is 1.15 bits per heavy atom. The Labute approximate surface area is 110 Å². The van der Waals surface area contributed by atoms with E-state index in [9.17, 15) is 31.5 Å². The average Bonchev–Trinajstić information content (AvgIpc) is 2.69. The molecule has 1 aliphatic carbocycles. The molecule has 2 atom stereocenters. The van der Waals surface area contributed by atoms with E-state index in [1.54, 1.807) is 0 Å². The molecule has 1 saturated heterocycles. The predicted octanol–water partition coefficient (Wildman–Crippen LogP) is 1.75. The lowest BCUT2D eigenvalue weighted by Gasteiger charge is -2.36. The molecule has 114 valence electrons. The van der Waals surface area contributed by atoms with Crippen molar-refractivity contribution in [2.45, 2.75) is 24.9 Å². The monoisotopic (exact) mass is 301 g/mol. The molecular weight excluding hydrogens is 289 g/mol. The summed E-state index contributed by atoms with van der Waals surface area (Å²) in [5.41, 5.74) is 0. The SMILES string of the molecule is O=C(O)[C@@H]1CN(C(=O)C2CC(F)(F)C2)C[C@H]1C(F)(F)F. The highest BCUT2D eigenvalue weighted by molar-refractivity contribution is 5.82. The molecule has 2 fully saturated rings. The number of carbonyl (C=O) groups excluding carboxylic acids is 1. The molecule has 9 heteroatoms. The van der Waals surface area contributed by atoms with Gasteiger partial charge in [-0.1, -0.05) is 0 Å². The van der Waals surface area contributed by atoms with Gasteiger partial charge in [0.1, 0.15) is 0 Å². The summed E-state index contributed by atoms with van der Waals surface area (Å²) >= 11 is 0. The number of alkyl halides is 5. The van der Waals surface area contributed by atoms with Crippen molar-refractivity contribution >= 4 is 11.9 Å². The normalized spacial score (nSPS) is 30.1. The van der Waals surface area contributed by atoms with Crippen LogP contribution in [0.15, 0.2) is 0 Å². The number of hydrogen-bond acceptors (Lipinski definition) is 2. The minimum Gasteiger partial charge on any atom is -0.481 e. The van der Waals surface area contributed by atoms with Crippen LogP contribution in [0.2, 0.25) is 0 Å². The first-order valence-electron chi connectivity index (χ1n) is 5.97. The maximum atomic E-state index is 12.7. The van der Waals surface area contributed by atoms with E-state index in [0.717, 1.165) is 4.90 Å². The van der Waals surface area contributed by atoms with Gasteiger partial charge in [0, 0.05) is 31.8 Å². The van der Waals surface area contributed by atoms with Gasteiger partial charge in [0.15, 0.2) is 0 Å². The number of nitrogens with zero attached hydrogens (tertiary/aromatic N) is 1. The van der Waals surface area contributed by atoms with Gasteiger partial charge in [-0.15, -0.1) is 0 Å². The molecule has 1 aliphatic heterocycles. The quantitative estimate of drug-likeness (QED) is 0.791. The summed E-state index contributed by atoms with van der Waals surface area (Å²) in [6.07, 6.45) is -6.10. The van der Waals surface area contributed by atoms with Crippen molar-refractivity contribution in [1.29, 1.82) is 0 Å². The van der Waals surface area contributed by atoms with Gasteiger partial charge in [0.25, 0.3) is 0 Å². The van der Waals surface area contributed by atoms with E-state index < -0.39 is 67.7 Å². The minimum atomic E-state index is -4.73. The average molecular weight is 301 g/mol. The second-order valence-electron chi connectivity index (χ2n) is 5.30. The van der Waals surface area contributed by atoms with Crippen LogP contribution in [-0.4, -0.2) is 47.1 Å². The van der Waals surface area contributed by atoms with E-state index in [1.807, 2.05) is 0 Å². The van der Waals surface area contributed by atoms with Crippen LogP contribution in [-0.2, 0) is 9.59 Å². The highest BCUT2D eigenvalue weighted by Crippen LogP contribution is 2.45. The zero-order valence-electron chi connectivity index (χ0n) is 10.2. The summed E-state index contributed by atoms with van der Waals surface area (Å²) < 4.78 is 63.4. The van der Waals surface area contributed by atoms with Crippen LogP contribution in [0.3, 0.4) is 0 Å². The van der Waals surface area contributed by atoms with Crippen LogP contribution >= 0.6 is 0 Å². The molecule has 20 heavy (non-hydrogen) atoms. The molecule has 1 heterocycles. The van der Waals surface area contributed by atoms with Gasteiger partial charge < -0.3 is 10.0 Å². The number of amides is 1. The molecule has 2 rings (SSSR count). The zero-order chi connectivity index (χ0) is 15.3. The third-order valence-corrected chi connectivity index (χ3v) is 3.81. The van der Waals surface area contributed by atoms with Crippen molar-refractivity contribution in [3.8, 4) is 0 Å². The second kappa shape index (κ2) is 4.56. The lowest BCUT2D eigenvalue weighted by Crippen LogP contribution is -2.46. The molecule has 2 aliphatic rings. The Morgan fingerprint density at radius 3 is 2.05 bits per heavy atom. The minimum absolute atomic E-state index is 0.583. The number of carbonyl (C=O) groups is 2. The van der Waals surface area contributed by atoms with Crippen molar-refractivity contribution in [3.05, 3.63) is 0 Å². The number of halogens is 5. The van der Waals surface area contributed by atoms with Crippen LogP contribution in [0.25, 0.3) is 0 Å². The van der Waals surface area contributed by atoms with E-state index >= 15 is 0 Å². The number of carboxylic acid groups (broad SMARTS) is 1. The smallest absolute Gasteiger partial charge is 0.394 e. The molecule has 1 N–H and O–H groups in total. The first kappa shape index (κ1) is 15.0. The van der Waals surface area contributed by atoms with Crippen LogP contribution in [0, 0.1) is 17.8 Å². The van der Waals surface area contributed by atoms with Crippen LogP contribution < -0.4 is 0 Å². The van der Waals surface area contributed by atoms with Crippen molar-refractivity contribution in [2.75, 3.05) is 13.1 Å². The van der Waals surface area contributed by atoms with E-state index in [0.29, 0.717) is 0 Å². The number of likely N-dealkylation sites (tertiary alicyclic amines) is 1. The molecular formula is C11H12F5NO3. The Balaban J connectivity index is 2.05. The van der Waals surface area contributed by atoms with Gasteiger partial charge in [-0.05, 0) is 0 Å². The van der Waals surface area contributed by atoms with Crippen molar-refractivity contribution in [2.24, 2.45) is 17.8 Å². The third-order valence-electron chi connectivity index (χ3n) is 3.81. The topological polar surface area (TPSA) is 57.6 Å². The molecule has 0 spiro atoms. The summed E-state index contributed by atoms with van der Waals surface area (Å²) in [6.45, 7) is -1.36. The van der Waals surface area contributed by atoms with Gasteiger partial charge >= 0.3 is 12.1 Å². The van der Waals surface area contributed by atoms with Crippen LogP contribution in [0.4, 0.5) is 22.0 Å². The third kappa shape index (κ3) is 2.71. The van der Waals surface area contributed by atoms with Gasteiger partial charge in [0.2, 0.25) is 11.8 Å². The first-order chi connectivity index (χ1) is 9.01. The molecule has 1 amide bonds. The maximum absolute atomic E-state index is 12.7. The second-order valence-corrected chi connectivity index (χ2v) is 5.30. The van der Waals surface area contributed by atoms with Gasteiger partial charge in [-0.25, -0.2) is 8.78 Å². The van der Waals surface area contributed by atoms with Crippen molar-refractivity contribution in [3.63, 3.8) is 0 Å². The summed E-state index contributed by atoms with van der Waals surface area (Å²) in [7, 11) is 0. The molecule has 0 aromatic rings. The van der Waals surface area contributed by atoms with Gasteiger partial charge in [0.05, 0.1) is 11.8 Å². The fourth-order valence-electron chi connectivity index (χ4n) is 2.66. The maximum Gasteiger partial charge on any atom is 0.394 e. The molecule has 0 unspecified atom stereocenters. The molecule has 0 radical (unpaired) electrons. The zero-order valence-corrected chi connectivity index (χ0v) is 10.2. The van der Waals surface area contributed by atoms with Gasteiger partial charge in [-0.3, -0.25) is 9.59 Å². The van der Waals surface area contributed by atoms with Crippen molar-refractivity contribution in [1.82, 2.24) is 4.90 Å². The Bertz CT molecular complexity index is 428. The van der Waals surface area contributed by atoms with Crippen molar-refractivity contribution < 1.29 is 36.6 Å². The molecule has 0 aromatic carbocycles. The van der Waals surface area contributed by atoms with E-state index in [4.69, 9.17) is 5.11 Å². The van der Waals surface area contributed by atoms with Gasteiger partial charge in [-0.2, -0.15) is 13.2 Å². The number of hydrogen-bond donors (Lipinski definition) is 1. The fourth-order valence-corrected chi connectivity index (χ4v) is 2.66. The summed E-state index contributed by atoms with van der Waals surface area (Å²) in [6, 6.07) is 0. The summed E-state index contributed by atoms with van der Waals surface area (Å²) in [5, 5.41) is 8.78. The van der Waals surface area contributed by atoms with Crippen LogP contribution in [0.1, 0.15) is 12.8 Å². The Hall–Kier alpha value is -1.41. The molecule has 0 aromatic heterocycles. The highest BCUT2D eigenvalue weighted by atomic mass is 19.4. The van der Waals surface area contributed by atoms with E-state index in [1.165, 1.54) is 0 Å². The first-order valence-corrected chi connectivity index (χ1v) is 5.97. The predicted molar refractivity (Wildman–Crippen MR) is 54.9 cm³/mol. The molecule has 1 saturated carbocycles. The molecule has 4 nitrogen and oxygen atoms in total. The Kier molecular flexibility index (Phi) is 3.42.